The molecule has 1 aromatic heterocycles. The lowest BCUT2D eigenvalue weighted by molar-refractivity contribution is -0.115. The Morgan fingerprint density at radius 2 is 1.78 bits per heavy atom. The van der Waals surface area contributed by atoms with Crippen molar-refractivity contribution in [2.75, 3.05) is 24.9 Å². The van der Waals surface area contributed by atoms with Crippen molar-refractivity contribution in [3.8, 4) is 11.5 Å². The van der Waals surface area contributed by atoms with Crippen LogP contribution in [0.5, 0.6) is 11.5 Å². The van der Waals surface area contributed by atoms with Crippen molar-refractivity contribution in [3.05, 3.63) is 95.3 Å². The van der Waals surface area contributed by atoms with Crippen LogP contribution >= 0.6 is 0 Å². The van der Waals surface area contributed by atoms with Crippen LogP contribution in [-0.2, 0) is 11.2 Å². The largest absolute Gasteiger partial charge is 0.493 e. The number of aromatic nitrogens is 3. The Bertz CT molecular complexity index is 1360. The fourth-order valence-electron chi connectivity index (χ4n) is 4.44. The Kier molecular flexibility index (Phi) is 6.53. The summed E-state index contributed by atoms with van der Waals surface area (Å²) in [6.45, 7) is 0. The second-order valence-corrected chi connectivity index (χ2v) is 8.53. The fourth-order valence-corrected chi connectivity index (χ4v) is 4.44. The van der Waals surface area contributed by atoms with Crippen LogP contribution in [0.25, 0.3) is 0 Å². The fraction of sp³-hybridized carbons (Fsp3) is 0.222. The molecule has 0 bridgehead atoms. The van der Waals surface area contributed by atoms with Gasteiger partial charge < -0.3 is 14.8 Å². The maximum absolute atomic E-state index is 13.6. The summed E-state index contributed by atoms with van der Waals surface area (Å²) in [6, 6.07) is 21.6. The molecule has 0 radical (unpaired) electrons. The van der Waals surface area contributed by atoms with E-state index in [1.807, 2.05) is 24.3 Å². The maximum atomic E-state index is 13.6. The molecular weight excluding hydrogens is 461 g/mol. The molecular formula is C27H26FN5O3. The molecule has 4 aromatic rings. The zero-order valence-corrected chi connectivity index (χ0v) is 19.9. The van der Waals surface area contributed by atoms with Crippen molar-refractivity contribution in [1.82, 2.24) is 14.8 Å². The number of fused-ring (bicyclic) bond motifs is 1. The highest BCUT2D eigenvalue weighted by Crippen LogP contribution is 2.38. The molecule has 8 nitrogen and oxygen atoms in total. The summed E-state index contributed by atoms with van der Waals surface area (Å²) in [5.74, 6) is 1.32. The Hall–Kier alpha value is -4.40. The van der Waals surface area contributed by atoms with Crippen molar-refractivity contribution >= 4 is 17.8 Å². The van der Waals surface area contributed by atoms with Gasteiger partial charge in [-0.2, -0.15) is 4.98 Å². The number of nitrogens with one attached hydrogen (secondary N) is 2. The molecule has 0 fully saturated rings. The molecule has 1 amide bonds. The molecule has 3 aromatic carbocycles. The minimum Gasteiger partial charge on any atom is -0.493 e. The van der Waals surface area contributed by atoms with Gasteiger partial charge in [0.25, 0.3) is 5.95 Å². The van der Waals surface area contributed by atoms with E-state index in [4.69, 9.17) is 9.47 Å². The van der Waals surface area contributed by atoms with E-state index in [0.29, 0.717) is 23.9 Å². The molecule has 1 aliphatic rings. The molecule has 0 saturated carbocycles. The van der Waals surface area contributed by atoms with Gasteiger partial charge in [-0.3, -0.25) is 10.1 Å². The Morgan fingerprint density at radius 3 is 2.50 bits per heavy atom. The molecule has 0 unspecified atom stereocenters. The first kappa shape index (κ1) is 23.3. The highest BCUT2D eigenvalue weighted by Gasteiger charge is 2.31. The lowest BCUT2D eigenvalue weighted by atomic mass is 9.93. The van der Waals surface area contributed by atoms with Gasteiger partial charge in [-0.25, -0.2) is 9.07 Å². The van der Waals surface area contributed by atoms with Crippen molar-refractivity contribution in [3.63, 3.8) is 0 Å². The number of carbonyl (C=O) groups excluding carboxylic acids is 1. The van der Waals surface area contributed by atoms with E-state index in [1.165, 1.54) is 12.1 Å². The molecule has 36 heavy (non-hydrogen) atoms. The van der Waals surface area contributed by atoms with E-state index in [1.54, 1.807) is 43.2 Å². The van der Waals surface area contributed by atoms with Gasteiger partial charge in [0, 0.05) is 0 Å². The van der Waals surface area contributed by atoms with Crippen LogP contribution in [0.1, 0.15) is 35.2 Å². The third-order valence-corrected chi connectivity index (χ3v) is 6.21. The van der Waals surface area contributed by atoms with E-state index in [9.17, 15) is 9.18 Å². The van der Waals surface area contributed by atoms with Crippen molar-refractivity contribution in [2.45, 2.75) is 24.9 Å². The molecule has 1 aliphatic heterocycles. The predicted octanol–water partition coefficient (Wildman–Crippen LogP) is 4.76. The number of methoxy groups -OCH3 is 2. The highest BCUT2D eigenvalue weighted by molar-refractivity contribution is 5.90. The summed E-state index contributed by atoms with van der Waals surface area (Å²) in [5.41, 5.74) is 2.78. The summed E-state index contributed by atoms with van der Waals surface area (Å²) in [7, 11) is 3.11. The standard InChI is InChI=1S/C27H26FN5O3/c1-35-23-13-8-17(14-24(23)36-2)15-25(34)30-26-31-27-29-21(18-6-4-3-5-7-18)16-22(33(27)32-26)19-9-11-20(28)12-10-19/h3-14,21-22H,15-16H2,1-2H3,(H2,29,30,31,32,34)/t21-,22+/m0/s1. The second kappa shape index (κ2) is 10.1. The van der Waals surface area contributed by atoms with E-state index < -0.39 is 0 Å². The Labute approximate surface area is 208 Å². The van der Waals surface area contributed by atoms with E-state index in [0.717, 1.165) is 16.7 Å². The van der Waals surface area contributed by atoms with Crippen LogP contribution in [0.15, 0.2) is 72.8 Å². The minimum absolute atomic E-state index is 0.0201. The molecule has 2 atom stereocenters. The number of benzene rings is 3. The van der Waals surface area contributed by atoms with Gasteiger partial charge in [0.05, 0.1) is 32.7 Å². The van der Waals surface area contributed by atoms with Crippen LogP contribution in [0.2, 0.25) is 0 Å². The molecule has 0 spiro atoms. The Balaban J connectivity index is 1.39. The number of ether oxygens (including phenoxy) is 2. The minimum atomic E-state index is -0.297. The topological polar surface area (TPSA) is 90.3 Å². The van der Waals surface area contributed by atoms with E-state index in [2.05, 4.69) is 32.8 Å². The summed E-state index contributed by atoms with van der Waals surface area (Å²) in [6.07, 6.45) is 0.802. The van der Waals surface area contributed by atoms with E-state index in [-0.39, 0.29) is 36.2 Å². The zero-order valence-electron chi connectivity index (χ0n) is 19.9. The van der Waals surface area contributed by atoms with Crippen LogP contribution in [0.3, 0.4) is 0 Å². The number of carbonyl (C=O) groups is 1. The number of rotatable bonds is 7. The van der Waals surface area contributed by atoms with Crippen molar-refractivity contribution in [1.29, 1.82) is 0 Å². The van der Waals surface area contributed by atoms with Gasteiger partial charge in [-0.1, -0.05) is 48.5 Å². The monoisotopic (exact) mass is 487 g/mol. The van der Waals surface area contributed by atoms with Gasteiger partial charge in [0.2, 0.25) is 11.9 Å². The van der Waals surface area contributed by atoms with Gasteiger partial charge in [0.15, 0.2) is 11.5 Å². The number of hydrogen-bond donors (Lipinski definition) is 2. The first-order valence-electron chi connectivity index (χ1n) is 11.6. The number of nitrogens with zero attached hydrogens (tertiary/aromatic N) is 3. The first-order chi connectivity index (χ1) is 17.5. The third-order valence-electron chi connectivity index (χ3n) is 6.21. The molecule has 5 rings (SSSR count). The SMILES string of the molecule is COc1ccc(CC(=O)Nc2nc3n(n2)[C@@H](c2ccc(F)cc2)C[C@@H](c2ccccc2)N3)cc1OC. The Morgan fingerprint density at radius 1 is 1.03 bits per heavy atom. The second-order valence-electron chi connectivity index (χ2n) is 8.53. The van der Waals surface area contributed by atoms with Crippen LogP contribution in [0.4, 0.5) is 16.3 Å². The zero-order chi connectivity index (χ0) is 25.1. The van der Waals surface area contributed by atoms with Crippen LogP contribution in [0, 0.1) is 5.82 Å². The third kappa shape index (κ3) is 4.86. The highest BCUT2D eigenvalue weighted by atomic mass is 19.1. The van der Waals surface area contributed by atoms with Crippen LogP contribution in [-0.4, -0.2) is 34.9 Å². The summed E-state index contributed by atoms with van der Waals surface area (Å²) in [4.78, 5) is 17.3. The lowest BCUT2D eigenvalue weighted by Gasteiger charge is -2.31. The van der Waals surface area contributed by atoms with Gasteiger partial charge in [-0.05, 0) is 47.4 Å². The number of anilines is 2. The quantitative estimate of drug-likeness (QED) is 0.391. The maximum Gasteiger partial charge on any atom is 0.250 e. The van der Waals surface area contributed by atoms with Gasteiger partial charge >= 0.3 is 0 Å². The van der Waals surface area contributed by atoms with Crippen LogP contribution < -0.4 is 20.1 Å². The average molecular weight is 488 g/mol. The van der Waals surface area contributed by atoms with Gasteiger partial charge in [-0.15, -0.1) is 5.10 Å². The van der Waals surface area contributed by atoms with Crippen molar-refractivity contribution < 1.29 is 18.7 Å². The average Bonchev–Trinajstić information content (AvgIpc) is 3.31. The molecule has 184 valence electrons. The lowest BCUT2D eigenvalue weighted by Crippen LogP contribution is -2.28. The smallest absolute Gasteiger partial charge is 0.250 e. The summed E-state index contributed by atoms with van der Waals surface area (Å²) >= 11 is 0. The molecule has 0 saturated heterocycles. The number of hydrogen-bond acceptors (Lipinski definition) is 6. The molecule has 2 heterocycles. The van der Waals surface area contributed by atoms with E-state index >= 15 is 0 Å². The summed E-state index contributed by atoms with van der Waals surface area (Å²) < 4.78 is 25.9. The number of amides is 1. The van der Waals surface area contributed by atoms with Gasteiger partial charge in [0.1, 0.15) is 5.82 Å². The van der Waals surface area contributed by atoms with Crippen molar-refractivity contribution in [2.24, 2.45) is 0 Å². The summed E-state index contributed by atoms with van der Waals surface area (Å²) in [5, 5.41) is 10.8. The first-order valence-corrected chi connectivity index (χ1v) is 11.6. The number of halogens is 1. The normalized spacial score (nSPS) is 16.5. The molecule has 0 aliphatic carbocycles. The predicted molar refractivity (Wildman–Crippen MR) is 134 cm³/mol. The molecule has 9 heteroatoms. The molecule has 2 N–H and O–H groups in total.